The van der Waals surface area contributed by atoms with Crippen molar-refractivity contribution >= 4 is 5.91 Å². The van der Waals surface area contributed by atoms with Crippen LogP contribution in [0.3, 0.4) is 0 Å². The van der Waals surface area contributed by atoms with Crippen molar-refractivity contribution in [2.24, 2.45) is 0 Å². The van der Waals surface area contributed by atoms with E-state index in [1.807, 2.05) is 67.6 Å². The maximum absolute atomic E-state index is 12.5. The van der Waals surface area contributed by atoms with Gasteiger partial charge in [0.05, 0.1) is 6.54 Å². The molecule has 0 aliphatic heterocycles. The second-order valence-corrected chi connectivity index (χ2v) is 6.59. The van der Waals surface area contributed by atoms with E-state index in [4.69, 9.17) is 4.74 Å². The molecule has 0 saturated heterocycles. The quantitative estimate of drug-likeness (QED) is 0.592. The Morgan fingerprint density at radius 1 is 0.852 bits per heavy atom. The number of aryl methyl sites for hydroxylation is 1. The Morgan fingerprint density at radius 2 is 1.41 bits per heavy atom. The highest BCUT2D eigenvalue weighted by molar-refractivity contribution is 5.77. The van der Waals surface area contributed by atoms with Gasteiger partial charge in [-0.25, -0.2) is 0 Å². The van der Waals surface area contributed by atoms with Gasteiger partial charge in [0.2, 0.25) is 5.91 Å². The number of rotatable bonds is 8. The molecule has 0 unspecified atom stereocenters. The zero-order valence-corrected chi connectivity index (χ0v) is 15.6. The third-order valence-corrected chi connectivity index (χ3v) is 4.51. The fourth-order valence-electron chi connectivity index (χ4n) is 3.05. The summed E-state index contributed by atoms with van der Waals surface area (Å²) in [6, 6.07) is 28.2. The van der Waals surface area contributed by atoms with Gasteiger partial charge in [-0.15, -0.1) is 0 Å². The van der Waals surface area contributed by atoms with Crippen molar-refractivity contribution in [3.05, 3.63) is 102 Å². The van der Waals surface area contributed by atoms with Crippen LogP contribution < -0.4 is 10.1 Å². The topological polar surface area (TPSA) is 38.3 Å². The van der Waals surface area contributed by atoms with Crippen LogP contribution >= 0.6 is 0 Å². The van der Waals surface area contributed by atoms with Crippen molar-refractivity contribution in [1.82, 2.24) is 5.32 Å². The fourth-order valence-corrected chi connectivity index (χ4v) is 3.05. The van der Waals surface area contributed by atoms with E-state index in [1.54, 1.807) is 0 Å². The van der Waals surface area contributed by atoms with E-state index in [9.17, 15) is 4.79 Å². The highest BCUT2D eigenvalue weighted by atomic mass is 16.5. The molecule has 0 saturated carbocycles. The Hall–Kier alpha value is -3.07. The Kier molecular flexibility index (Phi) is 6.64. The molecule has 0 aromatic heterocycles. The summed E-state index contributed by atoms with van der Waals surface area (Å²) in [5.41, 5.74) is 3.49. The van der Waals surface area contributed by atoms with E-state index >= 15 is 0 Å². The molecule has 3 aromatic carbocycles. The Balaban J connectivity index is 1.54. The van der Waals surface area contributed by atoms with Crippen LogP contribution in [0.25, 0.3) is 0 Å². The number of hydrogen-bond donors (Lipinski definition) is 1. The van der Waals surface area contributed by atoms with Crippen LogP contribution in [0, 0.1) is 6.92 Å². The van der Waals surface area contributed by atoms with E-state index in [2.05, 4.69) is 29.6 Å². The van der Waals surface area contributed by atoms with Crippen molar-refractivity contribution in [3.8, 4) is 5.75 Å². The molecule has 1 amide bonds. The molecule has 0 heterocycles. The number of benzene rings is 3. The lowest BCUT2D eigenvalue weighted by Crippen LogP contribution is -2.29. The van der Waals surface area contributed by atoms with Crippen molar-refractivity contribution in [1.29, 1.82) is 0 Å². The molecular formula is C24H25NO2. The van der Waals surface area contributed by atoms with Crippen LogP contribution in [-0.4, -0.2) is 19.1 Å². The smallest absolute Gasteiger partial charge is 0.221 e. The number of carbonyl (C=O) groups excluding carboxylic acids is 1. The summed E-state index contributed by atoms with van der Waals surface area (Å²) < 4.78 is 5.67. The second-order valence-electron chi connectivity index (χ2n) is 6.59. The summed E-state index contributed by atoms with van der Waals surface area (Å²) in [6.45, 7) is 2.99. The summed E-state index contributed by atoms with van der Waals surface area (Å²) in [6.07, 6.45) is 0.415. The Morgan fingerprint density at radius 3 is 1.96 bits per heavy atom. The predicted molar refractivity (Wildman–Crippen MR) is 109 cm³/mol. The highest BCUT2D eigenvalue weighted by Crippen LogP contribution is 2.27. The van der Waals surface area contributed by atoms with Gasteiger partial charge in [-0.2, -0.15) is 0 Å². The fraction of sp³-hybridized carbons (Fsp3) is 0.208. The van der Waals surface area contributed by atoms with E-state index in [0.717, 1.165) is 16.9 Å². The van der Waals surface area contributed by atoms with E-state index in [1.165, 1.54) is 5.56 Å². The van der Waals surface area contributed by atoms with Gasteiger partial charge in [0.1, 0.15) is 12.4 Å². The first kappa shape index (κ1) is 18.7. The molecule has 3 aromatic rings. The largest absolute Gasteiger partial charge is 0.492 e. The van der Waals surface area contributed by atoms with Crippen molar-refractivity contribution < 1.29 is 9.53 Å². The van der Waals surface area contributed by atoms with Crippen LogP contribution in [0.5, 0.6) is 5.75 Å². The third kappa shape index (κ3) is 5.71. The van der Waals surface area contributed by atoms with Gasteiger partial charge < -0.3 is 10.1 Å². The average Bonchev–Trinajstić information content (AvgIpc) is 2.72. The van der Waals surface area contributed by atoms with Crippen LogP contribution in [0.15, 0.2) is 84.9 Å². The molecule has 27 heavy (non-hydrogen) atoms. The lowest BCUT2D eigenvalue weighted by atomic mass is 9.88. The molecular weight excluding hydrogens is 334 g/mol. The minimum absolute atomic E-state index is 0.0280. The summed E-state index contributed by atoms with van der Waals surface area (Å²) in [5.74, 6) is 0.895. The first-order valence-corrected chi connectivity index (χ1v) is 9.28. The number of amides is 1. The molecule has 138 valence electrons. The molecule has 0 radical (unpaired) electrons. The molecule has 0 aliphatic carbocycles. The van der Waals surface area contributed by atoms with Crippen molar-refractivity contribution in [2.75, 3.05) is 13.2 Å². The lowest BCUT2D eigenvalue weighted by Gasteiger charge is -2.18. The van der Waals surface area contributed by atoms with Gasteiger partial charge in [0, 0.05) is 12.3 Å². The minimum Gasteiger partial charge on any atom is -0.492 e. The molecule has 1 N–H and O–H groups in total. The van der Waals surface area contributed by atoms with E-state index < -0.39 is 0 Å². The monoisotopic (exact) mass is 359 g/mol. The van der Waals surface area contributed by atoms with Gasteiger partial charge >= 0.3 is 0 Å². The van der Waals surface area contributed by atoms with Crippen LogP contribution in [0.1, 0.15) is 29.0 Å². The van der Waals surface area contributed by atoms with Crippen molar-refractivity contribution in [2.45, 2.75) is 19.3 Å². The van der Waals surface area contributed by atoms with Gasteiger partial charge in [0.25, 0.3) is 0 Å². The summed E-state index contributed by atoms with van der Waals surface area (Å²) in [4.78, 5) is 12.5. The van der Waals surface area contributed by atoms with Gasteiger partial charge in [0.15, 0.2) is 0 Å². The first-order chi connectivity index (χ1) is 13.2. The van der Waals surface area contributed by atoms with Crippen LogP contribution in [0.2, 0.25) is 0 Å². The molecule has 3 heteroatoms. The molecule has 0 fully saturated rings. The number of ether oxygens (including phenoxy) is 1. The molecule has 0 aliphatic rings. The molecule has 0 bridgehead atoms. The zero-order chi connectivity index (χ0) is 18.9. The predicted octanol–water partition coefficient (Wildman–Crippen LogP) is 4.71. The molecule has 3 rings (SSSR count). The first-order valence-electron chi connectivity index (χ1n) is 9.28. The third-order valence-electron chi connectivity index (χ3n) is 4.51. The van der Waals surface area contributed by atoms with Gasteiger partial charge in [-0.05, 0) is 30.2 Å². The number of hydrogen-bond acceptors (Lipinski definition) is 2. The normalized spacial score (nSPS) is 10.6. The SMILES string of the molecule is Cc1ccc(OCCNC(=O)CC(c2ccccc2)c2ccccc2)cc1. The Labute approximate surface area is 161 Å². The molecule has 3 nitrogen and oxygen atoms in total. The Bertz CT molecular complexity index is 790. The zero-order valence-electron chi connectivity index (χ0n) is 15.6. The van der Waals surface area contributed by atoms with Crippen molar-refractivity contribution in [3.63, 3.8) is 0 Å². The minimum atomic E-state index is 0.0280. The summed E-state index contributed by atoms with van der Waals surface area (Å²) in [7, 11) is 0. The maximum atomic E-state index is 12.5. The van der Waals surface area contributed by atoms with Crippen LogP contribution in [-0.2, 0) is 4.79 Å². The van der Waals surface area contributed by atoms with Crippen LogP contribution in [0.4, 0.5) is 0 Å². The number of carbonyl (C=O) groups is 1. The van der Waals surface area contributed by atoms with Gasteiger partial charge in [-0.3, -0.25) is 4.79 Å². The lowest BCUT2D eigenvalue weighted by molar-refractivity contribution is -0.121. The second kappa shape index (κ2) is 9.58. The van der Waals surface area contributed by atoms with E-state index in [0.29, 0.717) is 19.6 Å². The van der Waals surface area contributed by atoms with Gasteiger partial charge in [-0.1, -0.05) is 78.4 Å². The van der Waals surface area contributed by atoms with E-state index in [-0.39, 0.29) is 11.8 Å². The average molecular weight is 359 g/mol. The summed E-state index contributed by atoms with van der Waals surface area (Å²) in [5, 5.41) is 2.97. The highest BCUT2D eigenvalue weighted by Gasteiger charge is 2.17. The molecule has 0 spiro atoms. The standard InChI is InChI=1S/C24H25NO2/c1-19-12-14-22(15-13-19)27-17-16-25-24(26)18-23(20-8-4-2-5-9-20)21-10-6-3-7-11-21/h2-15,23H,16-18H2,1H3,(H,25,26). The molecule has 0 atom stereocenters. The number of nitrogens with one attached hydrogen (secondary N) is 1. The summed E-state index contributed by atoms with van der Waals surface area (Å²) >= 11 is 0. The maximum Gasteiger partial charge on any atom is 0.221 e.